The molecule has 0 saturated carbocycles. The van der Waals surface area contributed by atoms with Crippen molar-refractivity contribution in [1.82, 2.24) is 0 Å². The van der Waals surface area contributed by atoms with Crippen molar-refractivity contribution in [2.75, 3.05) is 0 Å². The maximum Gasteiger partial charge on any atom is 0.151 e. The number of hydrogen-bond acceptors (Lipinski definition) is 6. The van der Waals surface area contributed by atoms with Gasteiger partial charge in [-0.2, -0.15) is 0 Å². The van der Waals surface area contributed by atoms with Gasteiger partial charge in [-0.05, 0) is 13.0 Å². The first kappa shape index (κ1) is 16.4. The van der Waals surface area contributed by atoms with Crippen LogP contribution in [0.1, 0.15) is 6.92 Å². The van der Waals surface area contributed by atoms with Crippen LogP contribution in [0.4, 0.5) is 0 Å². The number of carbonyl (C=O) groups excluding carboxylic acids is 1. The molecule has 0 aliphatic carbocycles. The van der Waals surface area contributed by atoms with Crippen molar-refractivity contribution in [2.24, 2.45) is 0 Å². The number of allylic oxidation sites excluding steroid dienone is 1. The van der Waals surface area contributed by atoms with Crippen LogP contribution in [0.3, 0.4) is 0 Å². The van der Waals surface area contributed by atoms with Gasteiger partial charge < -0.3 is 35.8 Å². The monoisotopic (exact) mass is 224 g/mol. The highest BCUT2D eigenvalue weighted by atomic mass is 16.4. The second-order valence-corrected chi connectivity index (χ2v) is 2.77. The fraction of sp³-hybridized carbons (Fsp3) is 0.625. The Balaban J connectivity index is 0. The van der Waals surface area contributed by atoms with E-state index in [1.165, 1.54) is 6.92 Å². The van der Waals surface area contributed by atoms with Gasteiger partial charge in [0, 0.05) is 0 Å². The lowest BCUT2D eigenvalue weighted by Crippen LogP contribution is -2.45. The maximum atomic E-state index is 10.0. The number of aliphatic hydroxyl groups is 5. The van der Waals surface area contributed by atoms with E-state index in [0.717, 1.165) is 6.08 Å². The van der Waals surface area contributed by atoms with Crippen LogP contribution < -0.4 is 0 Å². The predicted molar refractivity (Wildman–Crippen MR) is 50.1 cm³/mol. The molecule has 7 N–H and O–H groups in total. The van der Waals surface area contributed by atoms with Gasteiger partial charge in [0.05, 0.1) is 0 Å². The number of aldehydes is 1. The molecule has 7 nitrogen and oxygen atoms in total. The molecular weight excluding hydrogens is 208 g/mol. The Labute approximate surface area is 86.2 Å². The van der Waals surface area contributed by atoms with Gasteiger partial charge in [-0.25, -0.2) is 0 Å². The Kier molecular flexibility index (Phi) is 8.02. The third-order valence-electron chi connectivity index (χ3n) is 1.76. The summed E-state index contributed by atoms with van der Waals surface area (Å²) in [5.41, 5.74) is 0. The smallest absolute Gasteiger partial charge is 0.151 e. The molecule has 90 valence electrons. The molecule has 0 bridgehead atoms. The highest BCUT2D eigenvalue weighted by Gasteiger charge is 2.31. The van der Waals surface area contributed by atoms with Crippen LogP contribution in [0.2, 0.25) is 0 Å². The molecule has 0 aromatic rings. The van der Waals surface area contributed by atoms with Crippen LogP contribution >= 0.6 is 0 Å². The van der Waals surface area contributed by atoms with E-state index in [-0.39, 0.29) is 11.8 Å². The number of carbonyl (C=O) groups is 1. The van der Waals surface area contributed by atoms with E-state index < -0.39 is 30.2 Å². The van der Waals surface area contributed by atoms with Crippen LogP contribution in [0.15, 0.2) is 11.8 Å². The van der Waals surface area contributed by atoms with Gasteiger partial charge in [0.25, 0.3) is 0 Å². The molecule has 0 heterocycles. The van der Waals surface area contributed by atoms with E-state index in [1.807, 2.05) is 0 Å². The maximum absolute atomic E-state index is 10.0. The van der Waals surface area contributed by atoms with Gasteiger partial charge in [-0.15, -0.1) is 0 Å². The first-order chi connectivity index (χ1) is 6.45. The Morgan fingerprint density at radius 1 is 1.13 bits per heavy atom. The second kappa shape index (κ2) is 7.32. The average molecular weight is 224 g/mol. The van der Waals surface area contributed by atoms with Crippen molar-refractivity contribution in [2.45, 2.75) is 31.3 Å². The zero-order chi connectivity index (χ0) is 11.3. The number of rotatable bonds is 5. The summed E-state index contributed by atoms with van der Waals surface area (Å²) in [6, 6.07) is 0. The summed E-state index contributed by atoms with van der Waals surface area (Å²) in [5.74, 6) is -0.547. The molecule has 0 fully saturated rings. The lowest BCUT2D eigenvalue weighted by molar-refractivity contribution is -0.132. The highest BCUT2D eigenvalue weighted by Crippen LogP contribution is 2.09. The summed E-state index contributed by atoms with van der Waals surface area (Å²) in [6.45, 7) is 1.41. The van der Waals surface area contributed by atoms with Gasteiger partial charge >= 0.3 is 0 Å². The molecule has 0 aromatic heterocycles. The topological polar surface area (TPSA) is 150 Å². The Morgan fingerprint density at radius 2 is 1.60 bits per heavy atom. The lowest BCUT2D eigenvalue weighted by Gasteiger charge is -2.23. The van der Waals surface area contributed by atoms with E-state index >= 15 is 0 Å². The SMILES string of the molecule is CC=C(O)C(O)C(O)C(O)C(O)C=O.O. The molecule has 0 aliphatic heterocycles. The first-order valence-corrected chi connectivity index (χ1v) is 3.98. The largest absolute Gasteiger partial charge is 0.510 e. The van der Waals surface area contributed by atoms with E-state index in [2.05, 4.69) is 0 Å². The van der Waals surface area contributed by atoms with Crippen molar-refractivity contribution >= 4 is 6.29 Å². The summed E-state index contributed by atoms with van der Waals surface area (Å²) < 4.78 is 0. The van der Waals surface area contributed by atoms with Crippen molar-refractivity contribution in [3.05, 3.63) is 11.8 Å². The van der Waals surface area contributed by atoms with Crippen molar-refractivity contribution in [3.63, 3.8) is 0 Å². The summed E-state index contributed by atoms with van der Waals surface area (Å²) in [4.78, 5) is 10.0. The predicted octanol–water partition coefficient (Wildman–Crippen LogP) is -2.73. The molecule has 0 spiro atoms. The third-order valence-corrected chi connectivity index (χ3v) is 1.76. The summed E-state index contributed by atoms with van der Waals surface area (Å²) >= 11 is 0. The molecule has 0 radical (unpaired) electrons. The fourth-order valence-electron chi connectivity index (χ4n) is 0.815. The quantitative estimate of drug-likeness (QED) is 0.252. The lowest BCUT2D eigenvalue weighted by atomic mass is 10.0. The van der Waals surface area contributed by atoms with Crippen LogP contribution in [0.25, 0.3) is 0 Å². The second-order valence-electron chi connectivity index (χ2n) is 2.77. The van der Waals surface area contributed by atoms with Gasteiger partial charge in [-0.3, -0.25) is 0 Å². The normalized spacial score (nSPS) is 19.7. The van der Waals surface area contributed by atoms with E-state index in [0.29, 0.717) is 0 Å². The average Bonchev–Trinajstić information content (AvgIpc) is 2.23. The van der Waals surface area contributed by atoms with Crippen LogP contribution in [-0.2, 0) is 4.79 Å². The van der Waals surface area contributed by atoms with Gasteiger partial charge in [0.15, 0.2) is 6.29 Å². The Hall–Kier alpha value is -0.990. The first-order valence-electron chi connectivity index (χ1n) is 3.98. The summed E-state index contributed by atoms with van der Waals surface area (Å²) in [7, 11) is 0. The van der Waals surface area contributed by atoms with Crippen molar-refractivity contribution in [3.8, 4) is 0 Å². The molecule has 0 rings (SSSR count). The highest BCUT2D eigenvalue weighted by molar-refractivity contribution is 5.56. The third kappa shape index (κ3) is 4.36. The molecule has 15 heavy (non-hydrogen) atoms. The minimum Gasteiger partial charge on any atom is -0.510 e. The number of hydrogen-bond donors (Lipinski definition) is 5. The molecule has 0 amide bonds. The standard InChI is InChI=1S/C8H14O6.H2O/c1-2-4(10)6(12)8(14)7(13)5(11)3-9;/h2-3,5-8,10-14H,1H3;1H2. The molecule has 0 aromatic carbocycles. The minimum absolute atomic E-state index is 0. The van der Waals surface area contributed by atoms with Crippen LogP contribution in [0, 0.1) is 0 Å². The van der Waals surface area contributed by atoms with Gasteiger partial charge in [0.2, 0.25) is 0 Å². The summed E-state index contributed by atoms with van der Waals surface area (Å²) in [6.07, 6.45) is -6.06. The van der Waals surface area contributed by atoms with Crippen molar-refractivity contribution in [1.29, 1.82) is 0 Å². The van der Waals surface area contributed by atoms with E-state index in [4.69, 9.17) is 25.5 Å². The zero-order valence-electron chi connectivity index (χ0n) is 8.11. The molecule has 7 heteroatoms. The molecule has 0 saturated heterocycles. The van der Waals surface area contributed by atoms with Crippen molar-refractivity contribution < 1.29 is 35.8 Å². The summed E-state index contributed by atoms with van der Waals surface area (Å²) in [5, 5.41) is 45.2. The zero-order valence-corrected chi connectivity index (χ0v) is 8.11. The Morgan fingerprint density at radius 3 is 1.93 bits per heavy atom. The van der Waals surface area contributed by atoms with Crippen LogP contribution in [-0.4, -0.2) is 61.7 Å². The molecule has 0 aliphatic rings. The Bertz CT molecular complexity index is 215. The molecule has 4 atom stereocenters. The minimum atomic E-state index is -1.84. The fourth-order valence-corrected chi connectivity index (χ4v) is 0.815. The van der Waals surface area contributed by atoms with E-state index in [1.54, 1.807) is 0 Å². The molecular formula is C8H16O7. The number of aliphatic hydroxyl groups excluding tert-OH is 5. The van der Waals surface area contributed by atoms with Gasteiger partial charge in [0.1, 0.15) is 30.2 Å². The van der Waals surface area contributed by atoms with Gasteiger partial charge in [-0.1, -0.05) is 0 Å². The van der Waals surface area contributed by atoms with Crippen LogP contribution in [0.5, 0.6) is 0 Å². The molecule has 4 unspecified atom stereocenters. The van der Waals surface area contributed by atoms with E-state index in [9.17, 15) is 4.79 Å².